The van der Waals surface area contributed by atoms with Gasteiger partial charge in [0, 0.05) is 14.9 Å². The lowest BCUT2D eigenvalue weighted by Gasteiger charge is -2.10. The summed E-state index contributed by atoms with van der Waals surface area (Å²) in [4.78, 5) is -0.459. The summed E-state index contributed by atoms with van der Waals surface area (Å²) in [5.74, 6) is -0.824. The molecule has 20 heavy (non-hydrogen) atoms. The van der Waals surface area contributed by atoms with Crippen LogP contribution in [0.15, 0.2) is 41.3 Å². The van der Waals surface area contributed by atoms with E-state index in [-0.39, 0.29) is 5.69 Å². The fourth-order valence-electron chi connectivity index (χ4n) is 1.60. The predicted octanol–water partition coefficient (Wildman–Crippen LogP) is 3.12. The summed E-state index contributed by atoms with van der Waals surface area (Å²) >= 11 is 2.10. The van der Waals surface area contributed by atoms with Crippen LogP contribution in [0.4, 0.5) is 15.8 Å². The van der Waals surface area contributed by atoms with Gasteiger partial charge in [0.2, 0.25) is 0 Å². The molecule has 2 aromatic carbocycles. The van der Waals surface area contributed by atoms with Crippen molar-refractivity contribution in [3.63, 3.8) is 0 Å². The highest BCUT2D eigenvalue weighted by atomic mass is 127. The molecule has 0 aliphatic carbocycles. The number of hydrogen-bond acceptors (Lipinski definition) is 3. The molecule has 0 unspecified atom stereocenters. The molecule has 2 aromatic rings. The molecule has 7 heteroatoms. The molecule has 106 valence electrons. The highest BCUT2D eigenvalue weighted by Gasteiger charge is 2.20. The normalized spacial score (nSPS) is 11.3. The SMILES string of the molecule is Cc1cc(F)c(S(=O)(=O)Nc2ccc(I)cc2)cc1N. The van der Waals surface area contributed by atoms with E-state index in [1.807, 2.05) is 0 Å². The highest BCUT2D eigenvalue weighted by Crippen LogP contribution is 2.24. The zero-order valence-electron chi connectivity index (χ0n) is 10.5. The van der Waals surface area contributed by atoms with E-state index in [0.717, 1.165) is 15.7 Å². The van der Waals surface area contributed by atoms with E-state index in [0.29, 0.717) is 11.3 Å². The topological polar surface area (TPSA) is 72.2 Å². The molecular weight excluding hydrogens is 394 g/mol. The van der Waals surface area contributed by atoms with Crippen LogP contribution < -0.4 is 10.5 Å². The Balaban J connectivity index is 2.40. The number of halogens is 2. The van der Waals surface area contributed by atoms with Crippen LogP contribution in [-0.2, 0) is 10.0 Å². The zero-order valence-corrected chi connectivity index (χ0v) is 13.5. The molecule has 0 aliphatic heterocycles. The first-order valence-corrected chi connectivity index (χ1v) is 8.20. The summed E-state index contributed by atoms with van der Waals surface area (Å²) in [6.45, 7) is 1.61. The molecule has 0 heterocycles. The highest BCUT2D eigenvalue weighted by molar-refractivity contribution is 14.1. The standard InChI is InChI=1S/C13H12FIN2O2S/c1-8-6-11(14)13(7-12(8)16)20(18,19)17-10-4-2-9(15)3-5-10/h2-7,17H,16H2,1H3. The summed E-state index contributed by atoms with van der Waals surface area (Å²) in [5, 5.41) is 0. The largest absolute Gasteiger partial charge is 0.398 e. The maximum Gasteiger partial charge on any atom is 0.264 e. The van der Waals surface area contributed by atoms with Gasteiger partial charge in [0.05, 0.1) is 0 Å². The van der Waals surface area contributed by atoms with E-state index in [2.05, 4.69) is 27.3 Å². The maximum absolute atomic E-state index is 13.8. The number of nitrogens with one attached hydrogen (secondary N) is 1. The maximum atomic E-state index is 13.8. The van der Waals surface area contributed by atoms with Gasteiger partial charge in [-0.05, 0) is 71.5 Å². The number of aryl methyl sites for hydroxylation is 1. The Kier molecular flexibility index (Phi) is 4.19. The van der Waals surface area contributed by atoms with Gasteiger partial charge in [-0.3, -0.25) is 4.72 Å². The van der Waals surface area contributed by atoms with Crippen molar-refractivity contribution in [1.29, 1.82) is 0 Å². The van der Waals surface area contributed by atoms with Crippen LogP contribution in [0.2, 0.25) is 0 Å². The van der Waals surface area contributed by atoms with Gasteiger partial charge >= 0.3 is 0 Å². The third-order valence-corrected chi connectivity index (χ3v) is 4.82. The Bertz CT molecular complexity index is 746. The summed E-state index contributed by atoms with van der Waals surface area (Å²) in [6.07, 6.45) is 0. The molecule has 3 N–H and O–H groups in total. The first-order valence-electron chi connectivity index (χ1n) is 5.63. The quantitative estimate of drug-likeness (QED) is 0.608. The minimum Gasteiger partial charge on any atom is -0.398 e. The zero-order chi connectivity index (χ0) is 14.9. The van der Waals surface area contributed by atoms with E-state index in [1.54, 1.807) is 31.2 Å². The van der Waals surface area contributed by atoms with E-state index in [9.17, 15) is 12.8 Å². The molecular formula is C13H12FIN2O2S. The smallest absolute Gasteiger partial charge is 0.264 e. The molecule has 4 nitrogen and oxygen atoms in total. The molecule has 0 bridgehead atoms. The fraction of sp³-hybridized carbons (Fsp3) is 0.0769. The van der Waals surface area contributed by atoms with Gasteiger partial charge in [0.15, 0.2) is 0 Å². The molecule has 0 radical (unpaired) electrons. The van der Waals surface area contributed by atoms with E-state index in [1.165, 1.54) is 0 Å². The number of sulfonamides is 1. The molecule has 0 aromatic heterocycles. The number of hydrogen-bond donors (Lipinski definition) is 2. The number of benzene rings is 2. The Hall–Kier alpha value is -1.35. The Morgan fingerprint density at radius 2 is 1.80 bits per heavy atom. The number of nitrogen functional groups attached to an aromatic ring is 1. The van der Waals surface area contributed by atoms with Gasteiger partial charge in [0.25, 0.3) is 10.0 Å². The summed E-state index contributed by atoms with van der Waals surface area (Å²) < 4.78 is 41.4. The van der Waals surface area contributed by atoms with Crippen LogP contribution in [0.5, 0.6) is 0 Å². The Labute approximate surface area is 130 Å². The third kappa shape index (κ3) is 3.21. The molecule has 0 atom stereocenters. The fourth-order valence-corrected chi connectivity index (χ4v) is 3.12. The van der Waals surface area contributed by atoms with E-state index in [4.69, 9.17) is 5.73 Å². The second kappa shape index (κ2) is 5.57. The van der Waals surface area contributed by atoms with Gasteiger partial charge in [-0.15, -0.1) is 0 Å². The van der Waals surface area contributed by atoms with Crippen molar-refractivity contribution in [1.82, 2.24) is 0 Å². The summed E-state index contributed by atoms with van der Waals surface area (Å²) in [5.41, 5.74) is 6.73. The van der Waals surface area contributed by atoms with Gasteiger partial charge in [0.1, 0.15) is 10.7 Å². The molecule has 0 aliphatic rings. The van der Waals surface area contributed by atoms with Crippen molar-refractivity contribution >= 4 is 44.0 Å². The Morgan fingerprint density at radius 1 is 1.20 bits per heavy atom. The van der Waals surface area contributed by atoms with Crippen molar-refractivity contribution in [2.45, 2.75) is 11.8 Å². The predicted molar refractivity (Wildman–Crippen MR) is 85.5 cm³/mol. The third-order valence-electron chi connectivity index (χ3n) is 2.71. The second-order valence-corrected chi connectivity index (χ2v) is 7.15. The van der Waals surface area contributed by atoms with Crippen molar-refractivity contribution in [3.05, 3.63) is 51.3 Å². The second-order valence-electron chi connectivity index (χ2n) is 4.25. The first kappa shape index (κ1) is 15.0. The lowest BCUT2D eigenvalue weighted by atomic mass is 10.2. The van der Waals surface area contributed by atoms with Crippen LogP contribution >= 0.6 is 22.6 Å². The molecule has 0 spiro atoms. The van der Waals surface area contributed by atoms with Crippen LogP contribution in [0.3, 0.4) is 0 Å². The van der Waals surface area contributed by atoms with Gasteiger partial charge in [-0.25, -0.2) is 12.8 Å². The van der Waals surface area contributed by atoms with Crippen molar-refractivity contribution < 1.29 is 12.8 Å². The van der Waals surface area contributed by atoms with E-state index >= 15 is 0 Å². The average Bonchev–Trinajstić information content (AvgIpc) is 2.36. The lowest BCUT2D eigenvalue weighted by Crippen LogP contribution is -2.15. The van der Waals surface area contributed by atoms with Crippen LogP contribution in [-0.4, -0.2) is 8.42 Å². The van der Waals surface area contributed by atoms with Crippen molar-refractivity contribution in [2.75, 3.05) is 10.5 Å². The number of rotatable bonds is 3. The van der Waals surface area contributed by atoms with E-state index < -0.39 is 20.7 Å². The van der Waals surface area contributed by atoms with Gasteiger partial charge in [-0.1, -0.05) is 0 Å². The van der Waals surface area contributed by atoms with Crippen LogP contribution in [0, 0.1) is 16.3 Å². The molecule has 0 amide bonds. The van der Waals surface area contributed by atoms with Crippen molar-refractivity contribution in [2.24, 2.45) is 0 Å². The summed E-state index contributed by atoms with van der Waals surface area (Å²) in [6, 6.07) is 8.94. The molecule has 0 saturated heterocycles. The lowest BCUT2D eigenvalue weighted by molar-refractivity contribution is 0.570. The minimum atomic E-state index is -4.00. The monoisotopic (exact) mass is 406 g/mol. The van der Waals surface area contributed by atoms with Gasteiger partial charge in [-0.2, -0.15) is 0 Å². The molecule has 0 fully saturated rings. The number of anilines is 2. The van der Waals surface area contributed by atoms with Crippen molar-refractivity contribution in [3.8, 4) is 0 Å². The van der Waals surface area contributed by atoms with Crippen LogP contribution in [0.25, 0.3) is 0 Å². The summed E-state index contributed by atoms with van der Waals surface area (Å²) in [7, 11) is -4.00. The minimum absolute atomic E-state index is 0.231. The molecule has 2 rings (SSSR count). The van der Waals surface area contributed by atoms with Crippen LogP contribution in [0.1, 0.15) is 5.56 Å². The average molecular weight is 406 g/mol. The number of nitrogens with two attached hydrogens (primary N) is 1. The first-order chi connectivity index (χ1) is 9.29. The van der Waals surface area contributed by atoms with Gasteiger partial charge < -0.3 is 5.73 Å². The Morgan fingerprint density at radius 3 is 2.40 bits per heavy atom. The molecule has 0 saturated carbocycles.